The Morgan fingerprint density at radius 3 is 2.33 bits per heavy atom. The van der Waals surface area contributed by atoms with Crippen molar-refractivity contribution in [3.05, 3.63) is 71.4 Å². The molecular weight excluding hydrogens is 336 g/mol. The van der Waals surface area contributed by atoms with E-state index in [0.717, 1.165) is 35.2 Å². The molecular formula is C22H22N4O. The topological polar surface area (TPSA) is 66.9 Å². The molecule has 4 rings (SSSR count). The highest BCUT2D eigenvalue weighted by Gasteiger charge is 2.25. The molecule has 0 radical (unpaired) electrons. The van der Waals surface area contributed by atoms with Crippen molar-refractivity contribution in [2.24, 2.45) is 0 Å². The van der Waals surface area contributed by atoms with Gasteiger partial charge in [0.1, 0.15) is 11.5 Å². The highest BCUT2D eigenvalue weighted by atomic mass is 16.2. The van der Waals surface area contributed by atoms with Crippen LogP contribution in [0.3, 0.4) is 0 Å². The minimum atomic E-state index is -0.151. The summed E-state index contributed by atoms with van der Waals surface area (Å²) in [5, 5.41) is 6.39. The van der Waals surface area contributed by atoms with Crippen LogP contribution in [0, 0.1) is 13.8 Å². The second-order valence-corrected chi connectivity index (χ2v) is 6.97. The third-order valence-electron chi connectivity index (χ3n) is 4.64. The molecule has 2 aromatic carbocycles. The van der Waals surface area contributed by atoms with Crippen LogP contribution in [0.4, 0.5) is 11.5 Å². The van der Waals surface area contributed by atoms with Crippen LogP contribution in [0.5, 0.6) is 0 Å². The van der Waals surface area contributed by atoms with Crippen LogP contribution in [-0.4, -0.2) is 21.9 Å². The number of aryl methyl sites for hydroxylation is 2. The second kappa shape index (κ2) is 7.19. The van der Waals surface area contributed by atoms with Crippen molar-refractivity contribution in [1.82, 2.24) is 15.3 Å². The Bertz CT molecular complexity index is 961. The molecule has 1 amide bonds. The maximum Gasteiger partial charge on any atom is 0.270 e. The number of amides is 1. The fourth-order valence-electron chi connectivity index (χ4n) is 2.97. The zero-order chi connectivity index (χ0) is 18.8. The summed E-state index contributed by atoms with van der Waals surface area (Å²) >= 11 is 0. The van der Waals surface area contributed by atoms with Crippen molar-refractivity contribution in [2.75, 3.05) is 5.32 Å². The summed E-state index contributed by atoms with van der Waals surface area (Å²) < 4.78 is 0. The van der Waals surface area contributed by atoms with Crippen LogP contribution < -0.4 is 10.6 Å². The Hall–Kier alpha value is -3.21. The first-order valence-corrected chi connectivity index (χ1v) is 9.19. The molecule has 0 unspecified atom stereocenters. The minimum Gasteiger partial charge on any atom is -0.348 e. The Morgan fingerprint density at radius 2 is 1.67 bits per heavy atom. The van der Waals surface area contributed by atoms with Gasteiger partial charge in [-0.2, -0.15) is 0 Å². The van der Waals surface area contributed by atoms with Crippen molar-refractivity contribution < 1.29 is 4.79 Å². The normalized spacial score (nSPS) is 13.3. The number of benzene rings is 2. The number of carbonyl (C=O) groups is 1. The summed E-state index contributed by atoms with van der Waals surface area (Å²) in [6, 6.07) is 17.8. The number of hydrogen-bond donors (Lipinski definition) is 2. The molecule has 0 atom stereocenters. The molecule has 136 valence electrons. The standard InChI is InChI=1S/C22H22N4O/c1-14-7-6-8-15(2)20(14)25-19-13-18(22(27)23-17-11-12-17)24-21(26-19)16-9-4-3-5-10-16/h3-10,13,17H,11-12H2,1-2H3,(H,23,27)(H,24,25,26). The molecule has 0 bridgehead atoms. The molecule has 5 heteroatoms. The summed E-state index contributed by atoms with van der Waals surface area (Å²) in [6.45, 7) is 4.10. The van der Waals surface area contributed by atoms with Gasteiger partial charge in [0.15, 0.2) is 5.82 Å². The maximum atomic E-state index is 12.6. The number of aromatic nitrogens is 2. The Labute approximate surface area is 158 Å². The van der Waals surface area contributed by atoms with Gasteiger partial charge in [0.05, 0.1) is 0 Å². The molecule has 1 aliphatic carbocycles. The van der Waals surface area contributed by atoms with E-state index in [0.29, 0.717) is 17.3 Å². The number of nitrogens with one attached hydrogen (secondary N) is 2. The third-order valence-corrected chi connectivity index (χ3v) is 4.64. The second-order valence-electron chi connectivity index (χ2n) is 6.97. The van der Waals surface area contributed by atoms with Crippen molar-refractivity contribution in [2.45, 2.75) is 32.7 Å². The largest absolute Gasteiger partial charge is 0.348 e. The van der Waals surface area contributed by atoms with Gasteiger partial charge in [-0.15, -0.1) is 0 Å². The Morgan fingerprint density at radius 1 is 0.963 bits per heavy atom. The van der Waals surface area contributed by atoms with Gasteiger partial charge in [-0.05, 0) is 37.8 Å². The molecule has 1 saturated carbocycles. The molecule has 3 aromatic rings. The monoisotopic (exact) mass is 358 g/mol. The average molecular weight is 358 g/mol. The van der Waals surface area contributed by atoms with Crippen LogP contribution >= 0.6 is 0 Å². The predicted octanol–water partition coefficient (Wildman–Crippen LogP) is 4.40. The lowest BCUT2D eigenvalue weighted by molar-refractivity contribution is 0.0946. The van der Waals surface area contributed by atoms with Gasteiger partial charge < -0.3 is 10.6 Å². The number of hydrogen-bond acceptors (Lipinski definition) is 4. The van der Waals surface area contributed by atoms with E-state index in [-0.39, 0.29) is 11.9 Å². The van der Waals surface area contributed by atoms with E-state index in [2.05, 4.69) is 46.6 Å². The smallest absolute Gasteiger partial charge is 0.270 e. The lowest BCUT2D eigenvalue weighted by Crippen LogP contribution is -2.26. The van der Waals surface area contributed by atoms with E-state index in [1.165, 1.54) is 0 Å². The predicted molar refractivity (Wildman–Crippen MR) is 107 cm³/mol. The number of nitrogens with zero attached hydrogens (tertiary/aromatic N) is 2. The molecule has 0 spiro atoms. The van der Waals surface area contributed by atoms with Crippen LogP contribution in [0.25, 0.3) is 11.4 Å². The van der Waals surface area contributed by atoms with Gasteiger partial charge in [0.2, 0.25) is 0 Å². The van der Waals surface area contributed by atoms with E-state index in [1.54, 1.807) is 6.07 Å². The van der Waals surface area contributed by atoms with Crippen molar-refractivity contribution in [1.29, 1.82) is 0 Å². The highest BCUT2D eigenvalue weighted by molar-refractivity contribution is 5.94. The van der Waals surface area contributed by atoms with Crippen LogP contribution in [-0.2, 0) is 0 Å². The Kier molecular flexibility index (Phi) is 4.59. The summed E-state index contributed by atoms with van der Waals surface area (Å²) in [5.41, 5.74) is 4.51. The van der Waals surface area contributed by atoms with Crippen molar-refractivity contribution >= 4 is 17.4 Å². The SMILES string of the molecule is Cc1cccc(C)c1Nc1cc(C(=O)NC2CC2)nc(-c2ccccc2)n1. The average Bonchev–Trinajstić information content (AvgIpc) is 3.49. The lowest BCUT2D eigenvalue weighted by atomic mass is 10.1. The maximum absolute atomic E-state index is 12.6. The molecule has 1 aromatic heterocycles. The quantitative estimate of drug-likeness (QED) is 0.709. The zero-order valence-electron chi connectivity index (χ0n) is 15.5. The van der Waals surface area contributed by atoms with Crippen molar-refractivity contribution in [3.63, 3.8) is 0 Å². The molecule has 1 heterocycles. The van der Waals surface area contributed by atoms with Gasteiger partial charge in [-0.1, -0.05) is 48.5 Å². The van der Waals surface area contributed by atoms with E-state index in [9.17, 15) is 4.79 Å². The first-order chi connectivity index (χ1) is 13.1. The molecule has 1 fully saturated rings. The molecule has 2 N–H and O–H groups in total. The molecule has 27 heavy (non-hydrogen) atoms. The summed E-state index contributed by atoms with van der Waals surface area (Å²) in [6.07, 6.45) is 2.08. The van der Waals surface area contributed by atoms with Gasteiger partial charge in [0, 0.05) is 23.4 Å². The lowest BCUT2D eigenvalue weighted by Gasteiger charge is -2.14. The highest BCUT2D eigenvalue weighted by Crippen LogP contribution is 2.26. The number of carbonyl (C=O) groups excluding carboxylic acids is 1. The van der Waals surface area contributed by atoms with Crippen LogP contribution in [0.15, 0.2) is 54.6 Å². The molecule has 0 saturated heterocycles. The summed E-state index contributed by atoms with van der Waals surface area (Å²) in [5.74, 6) is 0.997. The fraction of sp³-hybridized carbons (Fsp3) is 0.227. The van der Waals surface area contributed by atoms with Crippen LogP contribution in [0.2, 0.25) is 0 Å². The first-order valence-electron chi connectivity index (χ1n) is 9.19. The molecule has 1 aliphatic rings. The fourth-order valence-corrected chi connectivity index (χ4v) is 2.97. The van der Waals surface area contributed by atoms with Crippen LogP contribution in [0.1, 0.15) is 34.5 Å². The van der Waals surface area contributed by atoms with Crippen molar-refractivity contribution in [3.8, 4) is 11.4 Å². The van der Waals surface area contributed by atoms with E-state index in [1.807, 2.05) is 36.4 Å². The summed E-state index contributed by atoms with van der Waals surface area (Å²) in [7, 11) is 0. The number of anilines is 2. The minimum absolute atomic E-state index is 0.151. The van der Waals surface area contributed by atoms with E-state index >= 15 is 0 Å². The van der Waals surface area contributed by atoms with Gasteiger partial charge in [-0.3, -0.25) is 4.79 Å². The number of para-hydroxylation sites is 1. The zero-order valence-corrected chi connectivity index (χ0v) is 15.5. The van der Waals surface area contributed by atoms with Gasteiger partial charge in [0.25, 0.3) is 5.91 Å². The molecule has 5 nitrogen and oxygen atoms in total. The molecule has 0 aliphatic heterocycles. The van der Waals surface area contributed by atoms with E-state index < -0.39 is 0 Å². The van der Waals surface area contributed by atoms with E-state index in [4.69, 9.17) is 0 Å². The number of rotatable bonds is 5. The summed E-state index contributed by atoms with van der Waals surface area (Å²) in [4.78, 5) is 21.8. The Balaban J connectivity index is 1.74. The van der Waals surface area contributed by atoms with Gasteiger partial charge in [-0.25, -0.2) is 9.97 Å². The first kappa shape index (κ1) is 17.2. The van der Waals surface area contributed by atoms with Gasteiger partial charge >= 0.3 is 0 Å². The third kappa shape index (κ3) is 3.97.